The topological polar surface area (TPSA) is 43.3 Å². The largest absolute Gasteiger partial charge is 0.497 e. The molecule has 2 aromatic carbocycles. The third-order valence-electron chi connectivity index (χ3n) is 4.32. The standard InChI is InChI=1S/C21H21ClN2O2/c1-15-8-9-17(22)13-19(15)23-21(25)14-20(24-10-3-4-11-24)16-6-5-7-18(12-16)26-2/h3-13,20H,14H2,1-2H3,(H,23,25)/t20-/m0/s1. The Morgan fingerprint density at radius 1 is 1.15 bits per heavy atom. The Labute approximate surface area is 158 Å². The lowest BCUT2D eigenvalue weighted by Gasteiger charge is -2.20. The first-order valence-electron chi connectivity index (χ1n) is 8.39. The van der Waals surface area contributed by atoms with E-state index in [2.05, 4.69) is 5.32 Å². The molecule has 1 amide bonds. The lowest BCUT2D eigenvalue weighted by molar-refractivity contribution is -0.116. The van der Waals surface area contributed by atoms with E-state index in [1.54, 1.807) is 13.2 Å². The average molecular weight is 369 g/mol. The highest BCUT2D eigenvalue weighted by Crippen LogP contribution is 2.27. The molecule has 3 rings (SSSR count). The van der Waals surface area contributed by atoms with Crippen LogP contribution in [0.4, 0.5) is 5.69 Å². The van der Waals surface area contributed by atoms with Gasteiger partial charge in [-0.1, -0.05) is 29.8 Å². The number of hydrogen-bond donors (Lipinski definition) is 1. The summed E-state index contributed by atoms with van der Waals surface area (Å²) < 4.78 is 7.35. The first kappa shape index (κ1) is 18.1. The Balaban J connectivity index is 1.84. The molecule has 0 fully saturated rings. The number of carbonyl (C=O) groups is 1. The van der Waals surface area contributed by atoms with Gasteiger partial charge in [-0.15, -0.1) is 0 Å². The first-order chi connectivity index (χ1) is 12.6. The van der Waals surface area contributed by atoms with E-state index in [9.17, 15) is 4.79 Å². The summed E-state index contributed by atoms with van der Waals surface area (Å²) in [6.45, 7) is 1.94. The number of nitrogens with one attached hydrogen (secondary N) is 1. The fraction of sp³-hybridized carbons (Fsp3) is 0.190. The Bertz CT molecular complexity index is 891. The lowest BCUT2D eigenvalue weighted by Crippen LogP contribution is -2.20. The molecule has 1 heterocycles. The van der Waals surface area contributed by atoms with Gasteiger partial charge in [-0.3, -0.25) is 4.79 Å². The number of ether oxygens (including phenoxy) is 1. The smallest absolute Gasteiger partial charge is 0.226 e. The maximum Gasteiger partial charge on any atom is 0.226 e. The first-order valence-corrected chi connectivity index (χ1v) is 8.77. The van der Waals surface area contributed by atoms with Crippen molar-refractivity contribution < 1.29 is 9.53 Å². The van der Waals surface area contributed by atoms with Crippen molar-refractivity contribution in [2.24, 2.45) is 0 Å². The predicted molar refractivity (Wildman–Crippen MR) is 105 cm³/mol. The molecule has 0 saturated carbocycles. The molecular weight excluding hydrogens is 348 g/mol. The van der Waals surface area contributed by atoms with Crippen LogP contribution < -0.4 is 10.1 Å². The van der Waals surface area contributed by atoms with E-state index < -0.39 is 0 Å². The van der Waals surface area contributed by atoms with E-state index in [1.165, 1.54) is 0 Å². The molecule has 0 aliphatic heterocycles. The highest BCUT2D eigenvalue weighted by molar-refractivity contribution is 6.31. The highest BCUT2D eigenvalue weighted by Gasteiger charge is 2.18. The molecule has 0 aliphatic rings. The number of amides is 1. The van der Waals surface area contributed by atoms with E-state index >= 15 is 0 Å². The maximum absolute atomic E-state index is 12.7. The van der Waals surface area contributed by atoms with Crippen LogP contribution in [0.2, 0.25) is 5.02 Å². The molecule has 3 aromatic rings. The summed E-state index contributed by atoms with van der Waals surface area (Å²) in [5.74, 6) is 0.697. The van der Waals surface area contributed by atoms with E-state index in [0.717, 1.165) is 22.6 Å². The summed E-state index contributed by atoms with van der Waals surface area (Å²) >= 11 is 6.05. The molecular formula is C21H21ClN2O2. The highest BCUT2D eigenvalue weighted by atomic mass is 35.5. The Morgan fingerprint density at radius 3 is 2.65 bits per heavy atom. The van der Waals surface area contributed by atoms with Crippen LogP contribution in [0.15, 0.2) is 67.0 Å². The Kier molecular flexibility index (Phi) is 5.64. The second-order valence-corrected chi connectivity index (χ2v) is 6.57. The summed E-state index contributed by atoms with van der Waals surface area (Å²) in [6.07, 6.45) is 4.22. The minimum atomic E-state index is -0.125. The summed E-state index contributed by atoms with van der Waals surface area (Å²) in [6, 6.07) is 17.0. The monoisotopic (exact) mass is 368 g/mol. The van der Waals surface area contributed by atoms with Gasteiger partial charge in [0.25, 0.3) is 0 Å². The van der Waals surface area contributed by atoms with Crippen molar-refractivity contribution in [2.45, 2.75) is 19.4 Å². The summed E-state index contributed by atoms with van der Waals surface area (Å²) in [5, 5.41) is 3.57. The van der Waals surface area contributed by atoms with Crippen LogP contribution in [0, 0.1) is 6.92 Å². The van der Waals surface area contributed by atoms with E-state index in [-0.39, 0.29) is 11.9 Å². The Hall–Kier alpha value is -2.72. The van der Waals surface area contributed by atoms with Crippen molar-refractivity contribution in [3.8, 4) is 5.75 Å². The minimum absolute atomic E-state index is 0.0723. The zero-order valence-corrected chi connectivity index (χ0v) is 15.5. The van der Waals surface area contributed by atoms with Gasteiger partial charge in [-0.05, 0) is 54.4 Å². The SMILES string of the molecule is COc1cccc([C@H](CC(=O)Nc2cc(Cl)ccc2C)n2cccc2)c1. The molecule has 0 spiro atoms. The molecule has 0 radical (unpaired) electrons. The van der Waals surface area contributed by atoms with Crippen molar-refractivity contribution in [3.05, 3.63) is 83.1 Å². The number of hydrogen-bond acceptors (Lipinski definition) is 2. The zero-order valence-electron chi connectivity index (χ0n) is 14.8. The van der Waals surface area contributed by atoms with Gasteiger partial charge in [0.15, 0.2) is 0 Å². The third kappa shape index (κ3) is 4.27. The van der Waals surface area contributed by atoms with Crippen molar-refractivity contribution in [1.82, 2.24) is 4.57 Å². The normalized spacial score (nSPS) is 11.8. The molecule has 26 heavy (non-hydrogen) atoms. The predicted octanol–water partition coefficient (Wildman–Crippen LogP) is 5.08. The number of aromatic nitrogens is 1. The number of methoxy groups -OCH3 is 1. The van der Waals surface area contributed by atoms with E-state index in [4.69, 9.17) is 16.3 Å². The summed E-state index contributed by atoms with van der Waals surface area (Å²) in [4.78, 5) is 12.7. The van der Waals surface area contributed by atoms with Crippen LogP contribution in [0.5, 0.6) is 5.75 Å². The number of carbonyl (C=O) groups excluding carboxylic acids is 1. The molecule has 0 saturated heterocycles. The van der Waals surface area contributed by atoms with Gasteiger partial charge in [0.2, 0.25) is 5.91 Å². The van der Waals surface area contributed by atoms with Crippen LogP contribution in [-0.2, 0) is 4.79 Å². The van der Waals surface area contributed by atoms with Gasteiger partial charge in [0.1, 0.15) is 5.75 Å². The average Bonchev–Trinajstić information content (AvgIpc) is 3.17. The van der Waals surface area contributed by atoms with Crippen molar-refractivity contribution in [1.29, 1.82) is 0 Å². The molecule has 5 heteroatoms. The van der Waals surface area contributed by atoms with Gasteiger partial charge in [-0.2, -0.15) is 0 Å². The molecule has 1 atom stereocenters. The second-order valence-electron chi connectivity index (χ2n) is 6.13. The quantitative estimate of drug-likeness (QED) is 0.659. The lowest BCUT2D eigenvalue weighted by atomic mass is 10.0. The third-order valence-corrected chi connectivity index (χ3v) is 4.55. The minimum Gasteiger partial charge on any atom is -0.497 e. The van der Waals surface area contributed by atoms with Crippen molar-refractivity contribution in [2.75, 3.05) is 12.4 Å². The van der Waals surface area contributed by atoms with Crippen molar-refractivity contribution in [3.63, 3.8) is 0 Å². The number of rotatable bonds is 6. The fourth-order valence-corrected chi connectivity index (χ4v) is 3.08. The number of aryl methyl sites for hydroxylation is 1. The summed E-state index contributed by atoms with van der Waals surface area (Å²) in [5.41, 5.74) is 2.72. The van der Waals surface area contributed by atoms with Gasteiger partial charge in [0, 0.05) is 23.1 Å². The van der Waals surface area contributed by atoms with Gasteiger partial charge >= 0.3 is 0 Å². The number of benzene rings is 2. The molecule has 134 valence electrons. The van der Waals surface area contributed by atoms with Gasteiger partial charge < -0.3 is 14.6 Å². The molecule has 1 aromatic heterocycles. The molecule has 0 bridgehead atoms. The fourth-order valence-electron chi connectivity index (χ4n) is 2.91. The van der Waals surface area contributed by atoms with Crippen LogP contribution in [0.25, 0.3) is 0 Å². The van der Waals surface area contributed by atoms with Crippen molar-refractivity contribution >= 4 is 23.2 Å². The molecule has 0 unspecified atom stereocenters. The molecule has 1 N–H and O–H groups in total. The summed E-state index contributed by atoms with van der Waals surface area (Å²) in [7, 11) is 1.64. The second kappa shape index (κ2) is 8.11. The van der Waals surface area contributed by atoms with Crippen LogP contribution >= 0.6 is 11.6 Å². The van der Waals surface area contributed by atoms with Crippen LogP contribution in [0.1, 0.15) is 23.6 Å². The molecule has 4 nitrogen and oxygen atoms in total. The van der Waals surface area contributed by atoms with Gasteiger partial charge in [0.05, 0.1) is 19.6 Å². The van der Waals surface area contributed by atoms with Gasteiger partial charge in [-0.25, -0.2) is 0 Å². The zero-order chi connectivity index (χ0) is 18.5. The van der Waals surface area contributed by atoms with E-state index in [0.29, 0.717) is 11.4 Å². The van der Waals surface area contributed by atoms with E-state index in [1.807, 2.05) is 72.4 Å². The Morgan fingerprint density at radius 2 is 1.92 bits per heavy atom. The van der Waals surface area contributed by atoms with Crippen LogP contribution in [0.3, 0.4) is 0 Å². The number of halogens is 1. The van der Waals surface area contributed by atoms with Crippen LogP contribution in [-0.4, -0.2) is 17.6 Å². The number of anilines is 1. The molecule has 0 aliphatic carbocycles. The maximum atomic E-state index is 12.7. The number of nitrogens with zero attached hydrogens (tertiary/aromatic N) is 1.